The first-order valence-electron chi connectivity index (χ1n) is 23.6. The number of fused-ring (bicyclic) bond motifs is 15. The molecule has 0 fully saturated rings. The molecule has 0 atom stereocenters. The molecule has 14 rings (SSSR count). The number of para-hydroxylation sites is 6. The second-order valence-electron chi connectivity index (χ2n) is 18.8. The van der Waals surface area contributed by atoms with Gasteiger partial charge in [0.25, 0.3) is 0 Å². The average molecular weight is 872 g/mol. The summed E-state index contributed by atoms with van der Waals surface area (Å²) in [5.74, 6) is 1.76. The number of hydrogen-bond acceptors (Lipinski definition) is 3. The molecular weight excluding hydrogens is 827 g/mol. The van der Waals surface area contributed by atoms with Crippen LogP contribution in [0.3, 0.4) is 0 Å². The van der Waals surface area contributed by atoms with Crippen molar-refractivity contribution in [3.8, 4) is 28.3 Å². The van der Waals surface area contributed by atoms with Crippen LogP contribution in [0.1, 0.15) is 47.2 Å². The number of benzene rings is 10. The van der Waals surface area contributed by atoms with Gasteiger partial charge in [0.2, 0.25) is 0 Å². The third kappa shape index (κ3) is 5.26. The van der Waals surface area contributed by atoms with Crippen LogP contribution in [0.25, 0.3) is 38.6 Å². The van der Waals surface area contributed by atoms with E-state index in [1.807, 2.05) is 0 Å². The van der Waals surface area contributed by atoms with E-state index >= 15 is 0 Å². The summed E-state index contributed by atoms with van der Waals surface area (Å²) in [7, 11) is 0. The molecule has 1 spiro atoms. The van der Waals surface area contributed by atoms with Gasteiger partial charge in [-0.15, -0.1) is 0 Å². The Hall–Kier alpha value is -8.60. The van der Waals surface area contributed by atoms with E-state index in [1.165, 1.54) is 33.4 Å². The van der Waals surface area contributed by atoms with Gasteiger partial charge < -0.3 is 19.1 Å². The van der Waals surface area contributed by atoms with Gasteiger partial charge in [0, 0.05) is 50.4 Å². The summed E-state index contributed by atoms with van der Waals surface area (Å²) < 4.78 is 9.71. The van der Waals surface area contributed by atoms with Crippen LogP contribution in [-0.2, 0) is 10.8 Å². The van der Waals surface area contributed by atoms with Crippen molar-refractivity contribution in [1.82, 2.24) is 4.57 Å². The molecular formula is C64H45N3O. The predicted octanol–water partition coefficient (Wildman–Crippen LogP) is 16.8. The van der Waals surface area contributed by atoms with E-state index in [-0.39, 0.29) is 5.41 Å². The Morgan fingerprint density at radius 3 is 1.72 bits per heavy atom. The second-order valence-corrected chi connectivity index (χ2v) is 18.8. The van der Waals surface area contributed by atoms with E-state index in [9.17, 15) is 0 Å². The molecule has 68 heavy (non-hydrogen) atoms. The Labute approximate surface area is 396 Å². The zero-order valence-electron chi connectivity index (χ0n) is 37.8. The third-order valence-electron chi connectivity index (χ3n) is 15.0. The Bertz CT molecular complexity index is 3760. The summed E-state index contributed by atoms with van der Waals surface area (Å²) in [5.41, 5.74) is 19.4. The van der Waals surface area contributed by atoms with E-state index in [2.05, 4.69) is 265 Å². The first-order chi connectivity index (χ1) is 33.5. The Morgan fingerprint density at radius 2 is 0.971 bits per heavy atom. The number of nitrogens with zero attached hydrogens (tertiary/aromatic N) is 3. The molecule has 0 bridgehead atoms. The van der Waals surface area contributed by atoms with Gasteiger partial charge in [0.1, 0.15) is 11.5 Å². The SMILES string of the molecule is CC1(C)c2ccccc2-c2ccc(N(c3ccccc3)c3ccc(-n4c5ccccc5c5c6c(ccc54)C4(c5ccccc5O6)c5ccccc5N(c5ccccc5)c5ccccc54)cc3)cc21. The highest BCUT2D eigenvalue weighted by atomic mass is 16.5. The number of hydrogen-bond donors (Lipinski definition) is 0. The van der Waals surface area contributed by atoms with Gasteiger partial charge in [-0.3, -0.25) is 0 Å². The number of rotatable bonds is 5. The van der Waals surface area contributed by atoms with Gasteiger partial charge in [-0.05, 0) is 124 Å². The lowest BCUT2D eigenvalue weighted by molar-refractivity contribution is 0.439. The van der Waals surface area contributed by atoms with Gasteiger partial charge in [0.05, 0.1) is 33.2 Å². The zero-order valence-corrected chi connectivity index (χ0v) is 37.8. The average Bonchev–Trinajstić information content (AvgIpc) is 3.85. The minimum Gasteiger partial charge on any atom is -0.456 e. The molecule has 3 aliphatic rings. The minimum absolute atomic E-state index is 0.110. The largest absolute Gasteiger partial charge is 0.456 e. The number of anilines is 6. The quantitative estimate of drug-likeness (QED) is 0.172. The van der Waals surface area contributed by atoms with Crippen LogP contribution in [0.4, 0.5) is 34.1 Å². The molecule has 0 unspecified atom stereocenters. The number of aromatic nitrogens is 1. The lowest BCUT2D eigenvalue weighted by atomic mass is 9.61. The standard InChI is InChI=1S/C64H45N3O/c1-63(2)50-25-11-9-23-47(50)48-38-37-46(41-55(48)63)65(42-19-5-3-6-20-42)44-33-35-45(36-34-44)66-56-29-15-10-24-49(56)61-59(66)40-39-54-62(61)68-60-32-18-14-28-53(60)64(54)51-26-12-16-30-57(51)67(43-21-7-4-8-22-43)58-31-17-13-27-52(58)64/h3-41H,1-2H3. The smallest absolute Gasteiger partial charge is 0.142 e. The molecule has 322 valence electrons. The van der Waals surface area contributed by atoms with Crippen molar-refractivity contribution >= 4 is 55.9 Å². The van der Waals surface area contributed by atoms with E-state index in [1.54, 1.807) is 0 Å². The molecule has 1 aromatic heterocycles. The van der Waals surface area contributed by atoms with Crippen molar-refractivity contribution in [2.45, 2.75) is 24.7 Å². The van der Waals surface area contributed by atoms with Gasteiger partial charge in [0.15, 0.2) is 0 Å². The molecule has 10 aromatic carbocycles. The van der Waals surface area contributed by atoms with E-state index in [4.69, 9.17) is 4.74 Å². The first kappa shape index (κ1) is 38.6. The maximum Gasteiger partial charge on any atom is 0.142 e. The van der Waals surface area contributed by atoms with E-state index in [0.29, 0.717) is 0 Å². The van der Waals surface area contributed by atoms with Crippen LogP contribution in [0.2, 0.25) is 0 Å². The predicted molar refractivity (Wildman–Crippen MR) is 280 cm³/mol. The van der Waals surface area contributed by atoms with Gasteiger partial charge >= 0.3 is 0 Å². The van der Waals surface area contributed by atoms with E-state index < -0.39 is 5.41 Å². The summed E-state index contributed by atoms with van der Waals surface area (Å²) in [4.78, 5) is 4.81. The molecule has 0 saturated heterocycles. The molecule has 11 aromatic rings. The van der Waals surface area contributed by atoms with E-state index in [0.717, 1.165) is 84.2 Å². The lowest BCUT2D eigenvalue weighted by Crippen LogP contribution is -2.39. The van der Waals surface area contributed by atoms with Crippen LogP contribution < -0.4 is 14.5 Å². The van der Waals surface area contributed by atoms with Crippen LogP contribution >= 0.6 is 0 Å². The Balaban J connectivity index is 0.957. The van der Waals surface area contributed by atoms with Crippen LogP contribution in [0.5, 0.6) is 11.5 Å². The molecule has 0 N–H and O–H groups in total. The normalized spacial score (nSPS) is 14.4. The van der Waals surface area contributed by atoms with Crippen LogP contribution in [0.15, 0.2) is 237 Å². The summed E-state index contributed by atoms with van der Waals surface area (Å²) in [5, 5.41) is 2.25. The van der Waals surface area contributed by atoms with Crippen molar-refractivity contribution in [3.05, 3.63) is 270 Å². The first-order valence-corrected chi connectivity index (χ1v) is 23.6. The molecule has 0 radical (unpaired) electrons. The van der Waals surface area contributed by atoms with Crippen molar-refractivity contribution < 1.29 is 4.74 Å². The highest BCUT2D eigenvalue weighted by Gasteiger charge is 2.51. The molecule has 3 heterocycles. The molecule has 0 saturated carbocycles. The molecule has 0 amide bonds. The van der Waals surface area contributed by atoms with Crippen LogP contribution in [-0.4, -0.2) is 4.57 Å². The second kappa shape index (κ2) is 14.4. The van der Waals surface area contributed by atoms with Gasteiger partial charge in [-0.25, -0.2) is 0 Å². The van der Waals surface area contributed by atoms with Crippen LogP contribution in [0, 0.1) is 0 Å². The fourth-order valence-corrected chi connectivity index (χ4v) is 12.1. The summed E-state index contributed by atoms with van der Waals surface area (Å²) in [6.45, 7) is 4.70. The summed E-state index contributed by atoms with van der Waals surface area (Å²) in [6.07, 6.45) is 0. The fourth-order valence-electron chi connectivity index (χ4n) is 12.1. The molecule has 4 nitrogen and oxygen atoms in total. The minimum atomic E-state index is -0.669. The fraction of sp³-hybridized carbons (Fsp3) is 0.0625. The summed E-state index contributed by atoms with van der Waals surface area (Å²) >= 11 is 0. The monoisotopic (exact) mass is 871 g/mol. The Morgan fingerprint density at radius 1 is 0.397 bits per heavy atom. The highest BCUT2D eigenvalue weighted by Crippen LogP contribution is 2.64. The molecule has 4 heteroatoms. The van der Waals surface area contributed by atoms with Gasteiger partial charge in [-0.1, -0.05) is 159 Å². The topological polar surface area (TPSA) is 20.6 Å². The number of ether oxygens (including phenoxy) is 1. The van der Waals surface area contributed by atoms with Gasteiger partial charge in [-0.2, -0.15) is 0 Å². The zero-order chi connectivity index (χ0) is 45.1. The van der Waals surface area contributed by atoms with Crippen molar-refractivity contribution in [1.29, 1.82) is 0 Å². The third-order valence-corrected chi connectivity index (χ3v) is 15.0. The maximum absolute atomic E-state index is 7.30. The van der Waals surface area contributed by atoms with Crippen molar-refractivity contribution in [2.75, 3.05) is 9.80 Å². The maximum atomic E-state index is 7.30. The molecule has 2 aliphatic heterocycles. The molecule has 1 aliphatic carbocycles. The van der Waals surface area contributed by atoms with Crippen molar-refractivity contribution in [2.24, 2.45) is 0 Å². The lowest BCUT2D eigenvalue weighted by Gasteiger charge is -2.48. The van der Waals surface area contributed by atoms with Crippen molar-refractivity contribution in [3.63, 3.8) is 0 Å². The Kier molecular flexibility index (Phi) is 8.21. The summed E-state index contributed by atoms with van der Waals surface area (Å²) in [6, 6.07) is 86.4. The highest BCUT2D eigenvalue weighted by molar-refractivity contribution is 6.14.